The summed E-state index contributed by atoms with van der Waals surface area (Å²) in [4.78, 5) is 26.5. The summed E-state index contributed by atoms with van der Waals surface area (Å²) in [5.74, 6) is 0.907. The molecule has 0 aromatic heterocycles. The first kappa shape index (κ1) is 42.9. The lowest BCUT2D eigenvalue weighted by molar-refractivity contribution is -0.112. The van der Waals surface area contributed by atoms with E-state index >= 15 is 0 Å². The lowest BCUT2D eigenvalue weighted by Gasteiger charge is -2.39. The minimum absolute atomic E-state index is 0.0250. The van der Waals surface area contributed by atoms with Gasteiger partial charge in [-0.2, -0.15) is 0 Å². The Labute approximate surface area is 305 Å². The summed E-state index contributed by atoms with van der Waals surface area (Å²) in [5.41, 5.74) is 1.12. The summed E-state index contributed by atoms with van der Waals surface area (Å²) < 4.78 is 45.4. The SMILES string of the molecule is COCOc1cc(OC)c(OCOC)cc1NC(=O)/C=C\CCc1c(Cl)c(O[Si](C)(C)C(C)(C)C)cc(O[Si](C)(C)C(C)(C)C)c1C(=O)OC. The summed E-state index contributed by atoms with van der Waals surface area (Å²) in [6.45, 7) is 21.2. The molecule has 0 aliphatic heterocycles. The number of hydrogen-bond acceptors (Lipinski definition) is 10. The molecule has 0 spiro atoms. The standard InChI is InChI=1S/C36H56ClNO10Si2/c1-35(2,3)49(11,12)47-29-21-30(48-50(13,14)36(4,5)6)33(37)24(32(29)34(40)44-10)17-15-16-18-31(39)38-25-19-28(46-23-42-8)27(43-9)20-26(25)45-22-41-7/h16,18-21H,15,17,22-23H2,1-14H3,(H,38,39)/b18-16-. The third kappa shape index (κ3) is 11.1. The molecule has 0 heterocycles. The predicted octanol–water partition coefficient (Wildman–Crippen LogP) is 9.00. The van der Waals surface area contributed by atoms with Gasteiger partial charge in [0.1, 0.15) is 22.8 Å². The number of carbonyl (C=O) groups is 2. The molecule has 14 heteroatoms. The van der Waals surface area contributed by atoms with Crippen molar-refractivity contribution >= 4 is 45.8 Å². The molecular weight excluding hydrogens is 698 g/mol. The molecule has 0 aliphatic rings. The molecular formula is C36H56ClNO10Si2. The lowest BCUT2D eigenvalue weighted by atomic mass is 10.0. The molecule has 2 aromatic carbocycles. The first-order valence-electron chi connectivity index (χ1n) is 16.4. The molecule has 0 saturated carbocycles. The second-order valence-electron chi connectivity index (χ2n) is 14.8. The Morgan fingerprint density at radius 2 is 1.28 bits per heavy atom. The van der Waals surface area contributed by atoms with Crippen LogP contribution in [0, 0.1) is 0 Å². The first-order chi connectivity index (χ1) is 23.1. The Bertz CT molecular complexity index is 1510. The molecule has 11 nitrogen and oxygen atoms in total. The number of nitrogens with one attached hydrogen (secondary N) is 1. The number of methoxy groups -OCH3 is 4. The van der Waals surface area contributed by atoms with Crippen molar-refractivity contribution in [2.24, 2.45) is 0 Å². The average molecular weight is 754 g/mol. The number of rotatable bonds is 17. The van der Waals surface area contributed by atoms with Gasteiger partial charge in [0.05, 0.1) is 24.9 Å². The van der Waals surface area contributed by atoms with Gasteiger partial charge in [-0.1, -0.05) is 59.2 Å². The molecule has 1 amide bonds. The van der Waals surface area contributed by atoms with Gasteiger partial charge in [0, 0.05) is 32.4 Å². The van der Waals surface area contributed by atoms with Crippen LogP contribution in [0.4, 0.5) is 5.69 Å². The summed E-state index contributed by atoms with van der Waals surface area (Å²) >= 11 is 7.07. The average Bonchev–Trinajstić information content (AvgIpc) is 3.01. The maximum atomic E-state index is 13.4. The van der Waals surface area contributed by atoms with Crippen molar-refractivity contribution in [1.82, 2.24) is 0 Å². The molecule has 280 valence electrons. The number of benzene rings is 2. The van der Waals surface area contributed by atoms with Gasteiger partial charge < -0.3 is 42.6 Å². The van der Waals surface area contributed by atoms with Gasteiger partial charge in [-0.3, -0.25) is 4.79 Å². The fraction of sp³-hybridized carbons (Fsp3) is 0.556. The maximum Gasteiger partial charge on any atom is 0.341 e. The second kappa shape index (κ2) is 17.8. The lowest BCUT2D eigenvalue weighted by Crippen LogP contribution is -2.45. The van der Waals surface area contributed by atoms with Crippen LogP contribution in [0.1, 0.15) is 63.9 Å². The second-order valence-corrected chi connectivity index (χ2v) is 24.6. The fourth-order valence-electron chi connectivity index (χ4n) is 4.10. The van der Waals surface area contributed by atoms with Crippen molar-refractivity contribution in [2.45, 2.75) is 90.6 Å². The van der Waals surface area contributed by atoms with Gasteiger partial charge >= 0.3 is 5.97 Å². The van der Waals surface area contributed by atoms with Crippen molar-refractivity contribution in [1.29, 1.82) is 0 Å². The number of carbonyl (C=O) groups excluding carboxylic acids is 2. The number of halogens is 1. The highest BCUT2D eigenvalue weighted by atomic mass is 35.5. The highest BCUT2D eigenvalue weighted by Gasteiger charge is 2.42. The van der Waals surface area contributed by atoms with Gasteiger partial charge in [-0.25, -0.2) is 4.79 Å². The van der Waals surface area contributed by atoms with E-state index in [0.29, 0.717) is 57.9 Å². The van der Waals surface area contributed by atoms with Crippen molar-refractivity contribution in [2.75, 3.05) is 47.3 Å². The van der Waals surface area contributed by atoms with E-state index in [2.05, 4.69) is 73.0 Å². The molecule has 0 bridgehead atoms. The van der Waals surface area contributed by atoms with Crippen molar-refractivity contribution in [3.63, 3.8) is 0 Å². The molecule has 0 saturated heterocycles. The van der Waals surface area contributed by atoms with Crippen LogP contribution in [0.25, 0.3) is 0 Å². The molecule has 2 aromatic rings. The summed E-state index contributed by atoms with van der Waals surface area (Å²) in [7, 11) is 1.04. The summed E-state index contributed by atoms with van der Waals surface area (Å²) in [5, 5.41) is 2.88. The van der Waals surface area contributed by atoms with Crippen molar-refractivity contribution in [3.05, 3.63) is 46.5 Å². The number of allylic oxidation sites excluding steroid dienone is 1. The van der Waals surface area contributed by atoms with Crippen LogP contribution in [0.15, 0.2) is 30.4 Å². The van der Waals surface area contributed by atoms with Gasteiger partial charge in [0.25, 0.3) is 16.6 Å². The van der Waals surface area contributed by atoms with Crippen molar-refractivity contribution in [3.8, 4) is 28.7 Å². The van der Waals surface area contributed by atoms with Crippen LogP contribution in [0.3, 0.4) is 0 Å². The maximum absolute atomic E-state index is 13.4. The minimum atomic E-state index is -2.42. The number of anilines is 1. The van der Waals surface area contributed by atoms with E-state index in [0.717, 1.165) is 0 Å². The molecule has 50 heavy (non-hydrogen) atoms. The molecule has 0 unspecified atom stereocenters. The van der Waals surface area contributed by atoms with Gasteiger partial charge in [0.2, 0.25) is 5.91 Å². The Hall–Kier alpha value is -3.24. The Morgan fingerprint density at radius 1 is 0.760 bits per heavy atom. The van der Waals surface area contributed by atoms with Crippen LogP contribution in [0.2, 0.25) is 41.3 Å². The highest BCUT2D eigenvalue weighted by molar-refractivity contribution is 6.75. The van der Waals surface area contributed by atoms with Gasteiger partial charge in [0.15, 0.2) is 25.1 Å². The number of ether oxygens (including phenoxy) is 6. The largest absolute Gasteiger partial charge is 0.543 e. The summed E-state index contributed by atoms with van der Waals surface area (Å²) in [6.07, 6.45) is 3.76. The first-order valence-corrected chi connectivity index (χ1v) is 22.6. The smallest absolute Gasteiger partial charge is 0.341 e. The van der Waals surface area contributed by atoms with E-state index in [1.54, 1.807) is 24.3 Å². The fourth-order valence-corrected chi connectivity index (χ4v) is 6.48. The predicted molar refractivity (Wildman–Crippen MR) is 203 cm³/mol. The van der Waals surface area contributed by atoms with E-state index < -0.39 is 28.5 Å². The number of amides is 1. The molecule has 0 aliphatic carbocycles. The molecule has 0 fully saturated rings. The van der Waals surface area contributed by atoms with Crippen LogP contribution in [0.5, 0.6) is 28.7 Å². The normalized spacial score (nSPS) is 12.5. The van der Waals surface area contributed by atoms with E-state index in [9.17, 15) is 9.59 Å². The zero-order chi connectivity index (χ0) is 38.1. The van der Waals surface area contributed by atoms with E-state index in [1.165, 1.54) is 34.5 Å². The number of esters is 1. The highest BCUT2D eigenvalue weighted by Crippen LogP contribution is 2.46. The van der Waals surface area contributed by atoms with Crippen molar-refractivity contribution < 1.29 is 46.9 Å². The Balaban J connectivity index is 2.53. The molecule has 0 atom stereocenters. The number of hydrogen-bond donors (Lipinski definition) is 1. The van der Waals surface area contributed by atoms with Crippen LogP contribution in [-0.4, -0.2) is 70.5 Å². The Kier molecular flexibility index (Phi) is 15.3. The van der Waals surface area contributed by atoms with Crippen LogP contribution in [-0.2, 0) is 25.4 Å². The van der Waals surface area contributed by atoms with Crippen LogP contribution < -0.4 is 28.4 Å². The molecule has 1 N–H and O–H groups in total. The van der Waals surface area contributed by atoms with E-state index in [4.69, 9.17) is 48.9 Å². The Morgan fingerprint density at radius 3 is 1.78 bits per heavy atom. The van der Waals surface area contributed by atoms with E-state index in [1.807, 2.05) is 0 Å². The van der Waals surface area contributed by atoms with Gasteiger partial charge in [-0.05, 0) is 60.7 Å². The summed E-state index contributed by atoms with van der Waals surface area (Å²) in [6, 6.07) is 4.90. The molecule has 0 radical (unpaired) electrons. The zero-order valence-electron chi connectivity index (χ0n) is 32.2. The van der Waals surface area contributed by atoms with E-state index in [-0.39, 0.29) is 29.2 Å². The zero-order valence-corrected chi connectivity index (χ0v) is 34.9. The third-order valence-electron chi connectivity index (χ3n) is 9.04. The topological polar surface area (TPSA) is 120 Å². The minimum Gasteiger partial charge on any atom is -0.543 e. The monoisotopic (exact) mass is 753 g/mol. The quantitative estimate of drug-likeness (QED) is 0.0725. The third-order valence-corrected chi connectivity index (χ3v) is 18.1. The van der Waals surface area contributed by atoms with Crippen LogP contribution >= 0.6 is 11.6 Å². The van der Waals surface area contributed by atoms with Gasteiger partial charge in [-0.15, -0.1) is 0 Å². The molecule has 2 rings (SSSR count).